The molecule has 0 bridgehead atoms. The zero-order chi connectivity index (χ0) is 16.1. The van der Waals surface area contributed by atoms with Gasteiger partial charge in [0.2, 0.25) is 0 Å². The van der Waals surface area contributed by atoms with Gasteiger partial charge in [0.1, 0.15) is 5.82 Å². The van der Waals surface area contributed by atoms with E-state index in [1.807, 2.05) is 12.4 Å². The molecule has 1 fully saturated rings. The summed E-state index contributed by atoms with van der Waals surface area (Å²) in [6, 6.07) is 11.2. The van der Waals surface area contributed by atoms with Gasteiger partial charge in [-0.2, -0.15) is 0 Å². The number of fused-ring (bicyclic) bond motifs is 2. The van der Waals surface area contributed by atoms with Gasteiger partial charge in [0, 0.05) is 36.8 Å². The van der Waals surface area contributed by atoms with Crippen LogP contribution in [0.2, 0.25) is 0 Å². The van der Waals surface area contributed by atoms with Gasteiger partial charge >= 0.3 is 0 Å². The van der Waals surface area contributed by atoms with Crippen molar-refractivity contribution < 1.29 is 0 Å². The quantitative estimate of drug-likeness (QED) is 0.715. The lowest BCUT2D eigenvalue weighted by atomic mass is 9.92. The van der Waals surface area contributed by atoms with Crippen molar-refractivity contribution in [2.75, 3.05) is 18.0 Å². The monoisotopic (exact) mass is 315 g/mol. The Kier molecular flexibility index (Phi) is 3.09. The van der Waals surface area contributed by atoms with Crippen molar-refractivity contribution >= 4 is 16.7 Å². The van der Waals surface area contributed by atoms with Gasteiger partial charge in [-0.05, 0) is 78.8 Å². The molecule has 1 saturated heterocycles. The minimum atomic E-state index is 0.603. The first-order valence-corrected chi connectivity index (χ1v) is 8.86. The number of hydrogen-bond donors (Lipinski definition) is 0. The van der Waals surface area contributed by atoms with Gasteiger partial charge in [-0.25, -0.2) is 4.98 Å². The minimum absolute atomic E-state index is 0.603. The number of rotatable bonds is 2. The van der Waals surface area contributed by atoms with E-state index in [0.29, 0.717) is 5.92 Å². The summed E-state index contributed by atoms with van der Waals surface area (Å²) in [5.74, 6) is 1.73. The van der Waals surface area contributed by atoms with Crippen molar-refractivity contribution in [3.63, 3.8) is 0 Å². The number of aromatic nitrogens is 2. The topological polar surface area (TPSA) is 29.0 Å². The molecule has 0 amide bonds. The second-order valence-corrected chi connectivity index (χ2v) is 7.17. The first-order valence-electron chi connectivity index (χ1n) is 8.86. The predicted molar refractivity (Wildman–Crippen MR) is 97.7 cm³/mol. The molecule has 1 aliphatic heterocycles. The summed E-state index contributed by atoms with van der Waals surface area (Å²) in [5.41, 5.74) is 6.93. The highest BCUT2D eigenvalue weighted by atomic mass is 15.2. The van der Waals surface area contributed by atoms with Gasteiger partial charge in [-0.1, -0.05) is 0 Å². The predicted octanol–water partition coefficient (Wildman–Crippen LogP) is 4.03. The maximum atomic E-state index is 4.98. The van der Waals surface area contributed by atoms with E-state index in [1.165, 1.54) is 46.9 Å². The highest BCUT2D eigenvalue weighted by Crippen LogP contribution is 2.34. The van der Waals surface area contributed by atoms with Crippen LogP contribution in [-0.4, -0.2) is 23.1 Å². The summed E-state index contributed by atoms with van der Waals surface area (Å²) in [7, 11) is 0. The smallest absolute Gasteiger partial charge is 0.129 e. The molecule has 5 rings (SSSR count). The van der Waals surface area contributed by atoms with Gasteiger partial charge in [0.15, 0.2) is 0 Å². The van der Waals surface area contributed by atoms with Crippen molar-refractivity contribution in [2.45, 2.75) is 32.1 Å². The lowest BCUT2D eigenvalue weighted by molar-refractivity contribution is 0.520. The Balaban J connectivity index is 1.45. The van der Waals surface area contributed by atoms with Crippen molar-refractivity contribution in [1.82, 2.24) is 9.97 Å². The molecule has 2 aliphatic rings. The zero-order valence-corrected chi connectivity index (χ0v) is 14.0. The highest BCUT2D eigenvalue weighted by Gasteiger charge is 2.29. The Labute approximate surface area is 142 Å². The van der Waals surface area contributed by atoms with Crippen LogP contribution in [0.3, 0.4) is 0 Å². The summed E-state index contributed by atoms with van der Waals surface area (Å²) in [6.07, 6.45) is 7.50. The van der Waals surface area contributed by atoms with Crippen molar-refractivity contribution in [2.24, 2.45) is 0 Å². The molecular formula is C21H21N3. The van der Waals surface area contributed by atoms with Crippen LogP contribution in [0, 0.1) is 6.92 Å². The molecule has 0 spiro atoms. The molecule has 3 heterocycles. The number of hydrogen-bond acceptors (Lipinski definition) is 3. The average molecular weight is 315 g/mol. The molecule has 3 aromatic rings. The second kappa shape index (κ2) is 5.30. The molecule has 120 valence electrons. The van der Waals surface area contributed by atoms with Crippen LogP contribution < -0.4 is 4.90 Å². The van der Waals surface area contributed by atoms with Crippen molar-refractivity contribution in [1.29, 1.82) is 0 Å². The second-order valence-electron chi connectivity index (χ2n) is 7.17. The van der Waals surface area contributed by atoms with Gasteiger partial charge < -0.3 is 4.90 Å². The standard InChI is InChI=1S/C21H21N3/c1-14-9-21(24-12-18(13-24)15-5-7-22-8-6-15)23-20-11-17-4-2-3-16(17)10-19(14)20/h5-11,18H,2-4,12-13H2,1H3. The number of benzene rings is 1. The van der Waals surface area contributed by atoms with E-state index in [-0.39, 0.29) is 0 Å². The highest BCUT2D eigenvalue weighted by molar-refractivity contribution is 5.86. The Morgan fingerprint density at radius 3 is 2.54 bits per heavy atom. The Bertz CT molecular complexity index is 911. The van der Waals surface area contributed by atoms with Crippen LogP contribution >= 0.6 is 0 Å². The first-order chi connectivity index (χ1) is 11.8. The van der Waals surface area contributed by atoms with Crippen LogP contribution in [0.1, 0.15) is 34.6 Å². The van der Waals surface area contributed by atoms with Crippen LogP contribution in [-0.2, 0) is 12.8 Å². The maximum absolute atomic E-state index is 4.98. The summed E-state index contributed by atoms with van der Waals surface area (Å²) in [5, 5.41) is 1.32. The lowest BCUT2D eigenvalue weighted by Gasteiger charge is -2.40. The fourth-order valence-electron chi connectivity index (χ4n) is 4.12. The molecule has 3 heteroatoms. The Hall–Kier alpha value is -2.42. The number of anilines is 1. The van der Waals surface area contributed by atoms with E-state index >= 15 is 0 Å². The zero-order valence-electron chi connectivity index (χ0n) is 14.0. The van der Waals surface area contributed by atoms with Crippen LogP contribution in [0.15, 0.2) is 42.7 Å². The average Bonchev–Trinajstić information content (AvgIpc) is 3.00. The Morgan fingerprint density at radius 1 is 1.00 bits per heavy atom. The normalized spacial score (nSPS) is 17.1. The molecule has 3 nitrogen and oxygen atoms in total. The molecule has 24 heavy (non-hydrogen) atoms. The van der Waals surface area contributed by atoms with E-state index in [1.54, 1.807) is 0 Å². The van der Waals surface area contributed by atoms with Crippen molar-refractivity contribution in [3.8, 4) is 0 Å². The molecule has 0 N–H and O–H groups in total. The SMILES string of the molecule is Cc1cc(N2CC(c3ccncc3)C2)nc2cc3c(cc12)CCC3. The molecule has 0 atom stereocenters. The largest absolute Gasteiger partial charge is 0.355 e. The lowest BCUT2D eigenvalue weighted by Crippen LogP contribution is -2.45. The third-order valence-corrected chi connectivity index (χ3v) is 5.60. The fourth-order valence-corrected chi connectivity index (χ4v) is 4.12. The van der Waals surface area contributed by atoms with E-state index in [2.05, 4.69) is 47.1 Å². The summed E-state index contributed by atoms with van der Waals surface area (Å²) in [4.78, 5) is 11.5. The fraction of sp³-hybridized carbons (Fsp3) is 0.333. The molecule has 1 aromatic carbocycles. The van der Waals surface area contributed by atoms with Crippen molar-refractivity contribution in [3.05, 3.63) is 65.0 Å². The molecule has 2 aromatic heterocycles. The van der Waals surface area contributed by atoms with Gasteiger partial charge in [-0.15, -0.1) is 0 Å². The molecule has 0 saturated carbocycles. The van der Waals surface area contributed by atoms with Crippen LogP contribution in [0.25, 0.3) is 10.9 Å². The number of nitrogens with zero attached hydrogens (tertiary/aromatic N) is 3. The van der Waals surface area contributed by atoms with E-state index in [4.69, 9.17) is 4.98 Å². The summed E-state index contributed by atoms with van der Waals surface area (Å²) in [6.45, 7) is 4.31. The van der Waals surface area contributed by atoms with Gasteiger partial charge in [0.25, 0.3) is 0 Å². The maximum Gasteiger partial charge on any atom is 0.129 e. The van der Waals surface area contributed by atoms with E-state index < -0.39 is 0 Å². The van der Waals surface area contributed by atoms with Gasteiger partial charge in [0.05, 0.1) is 5.52 Å². The summed E-state index contributed by atoms with van der Waals surface area (Å²) < 4.78 is 0. The molecule has 0 unspecified atom stereocenters. The molecular weight excluding hydrogens is 294 g/mol. The van der Waals surface area contributed by atoms with E-state index in [0.717, 1.165) is 24.4 Å². The summed E-state index contributed by atoms with van der Waals surface area (Å²) >= 11 is 0. The van der Waals surface area contributed by atoms with E-state index in [9.17, 15) is 0 Å². The Morgan fingerprint density at radius 2 is 1.75 bits per heavy atom. The van der Waals surface area contributed by atoms with Crippen LogP contribution in [0.4, 0.5) is 5.82 Å². The third kappa shape index (κ3) is 2.19. The van der Waals surface area contributed by atoms with Crippen LogP contribution in [0.5, 0.6) is 0 Å². The number of aryl methyl sites for hydroxylation is 3. The molecule has 1 aliphatic carbocycles. The first kappa shape index (κ1) is 14.0. The molecule has 0 radical (unpaired) electrons. The minimum Gasteiger partial charge on any atom is -0.355 e. The number of pyridine rings is 2. The third-order valence-electron chi connectivity index (χ3n) is 5.60. The van der Waals surface area contributed by atoms with Gasteiger partial charge in [-0.3, -0.25) is 4.98 Å².